The van der Waals surface area contributed by atoms with Gasteiger partial charge in [0, 0.05) is 47.0 Å². The van der Waals surface area contributed by atoms with Crippen LogP contribution in [0.15, 0.2) is 134 Å². The summed E-state index contributed by atoms with van der Waals surface area (Å²) in [6.45, 7) is 0. The van der Waals surface area contributed by atoms with Gasteiger partial charge in [-0.2, -0.15) is 0 Å². The van der Waals surface area contributed by atoms with Crippen molar-refractivity contribution in [1.29, 1.82) is 0 Å². The van der Waals surface area contributed by atoms with E-state index in [1.54, 1.807) is 30.4 Å². The quantitative estimate of drug-likeness (QED) is 0.194. The molecule has 0 bridgehead atoms. The number of fused-ring (bicyclic) bond motifs is 3. The van der Waals surface area contributed by atoms with Gasteiger partial charge in [-0.15, -0.1) is 0 Å². The predicted octanol–water partition coefficient (Wildman–Crippen LogP) is 8.00. The summed E-state index contributed by atoms with van der Waals surface area (Å²) in [7, 11) is 1.75. The van der Waals surface area contributed by atoms with E-state index in [0.29, 0.717) is 16.8 Å². The highest BCUT2D eigenvalue weighted by Gasteiger charge is 2.24. The zero-order valence-electron chi connectivity index (χ0n) is 23.4. The van der Waals surface area contributed by atoms with E-state index >= 15 is 0 Å². The molecule has 2 aromatic heterocycles. The number of nitrogens with zero attached hydrogens (tertiary/aromatic N) is 4. The Hall–Kier alpha value is -5.88. The van der Waals surface area contributed by atoms with E-state index in [0.717, 1.165) is 56.0 Å². The van der Waals surface area contributed by atoms with Crippen molar-refractivity contribution < 1.29 is 9.59 Å². The number of anilines is 1. The minimum absolute atomic E-state index is 0.271. The van der Waals surface area contributed by atoms with Gasteiger partial charge >= 0.3 is 0 Å². The van der Waals surface area contributed by atoms with Gasteiger partial charge < -0.3 is 9.47 Å². The summed E-state index contributed by atoms with van der Waals surface area (Å²) in [5.74, 6) is -0.271. The van der Waals surface area contributed by atoms with Gasteiger partial charge in [0.25, 0.3) is 5.91 Å². The lowest BCUT2D eigenvalue weighted by molar-refractivity contribution is 0.0986. The smallest absolute Gasteiger partial charge is 0.260 e. The number of hydrogen-bond donors (Lipinski definition) is 0. The summed E-state index contributed by atoms with van der Waals surface area (Å²) in [5, 5.41) is 2.06. The third kappa shape index (κ3) is 4.55. The van der Waals surface area contributed by atoms with E-state index in [2.05, 4.69) is 26.7 Å². The van der Waals surface area contributed by atoms with Crippen LogP contribution in [0.1, 0.15) is 20.7 Å². The van der Waals surface area contributed by atoms with Gasteiger partial charge in [-0.3, -0.25) is 9.59 Å². The standard InChI is InChI=1S/C37H26N4O2/c1-40(30-13-7-11-26(19-30)25-9-3-2-4-10-25)37(43)36-28(23-42)12-8-16-35(36)41-33-15-6-5-14-31(33)32-20-27(17-18-34(32)41)29-21-38-24-39-22-29/h2-24H,1H3. The third-order valence-electron chi connectivity index (χ3n) is 7.87. The molecule has 0 N–H and O–H groups in total. The number of carbonyl (C=O) groups is 2. The molecule has 206 valence electrons. The van der Waals surface area contributed by atoms with Crippen molar-refractivity contribution in [3.63, 3.8) is 0 Å². The van der Waals surface area contributed by atoms with Gasteiger partial charge in [0.1, 0.15) is 6.33 Å². The van der Waals surface area contributed by atoms with Gasteiger partial charge in [-0.1, -0.05) is 78.9 Å². The summed E-state index contributed by atoms with van der Waals surface area (Å²) in [6.07, 6.45) is 5.86. The number of aldehydes is 1. The monoisotopic (exact) mass is 558 g/mol. The zero-order chi connectivity index (χ0) is 29.3. The molecular formula is C37H26N4O2. The van der Waals surface area contributed by atoms with Gasteiger partial charge in [0.2, 0.25) is 0 Å². The van der Waals surface area contributed by atoms with Crippen molar-refractivity contribution in [2.24, 2.45) is 0 Å². The molecule has 0 aliphatic heterocycles. The summed E-state index contributed by atoms with van der Waals surface area (Å²) >= 11 is 0. The Morgan fingerprint density at radius 1 is 0.674 bits per heavy atom. The molecule has 2 heterocycles. The van der Waals surface area contributed by atoms with Crippen LogP contribution in [-0.2, 0) is 0 Å². The van der Waals surface area contributed by atoms with Gasteiger partial charge in [0.15, 0.2) is 6.29 Å². The zero-order valence-corrected chi connectivity index (χ0v) is 23.4. The van der Waals surface area contributed by atoms with Crippen LogP contribution >= 0.6 is 0 Å². The average molecular weight is 559 g/mol. The van der Waals surface area contributed by atoms with E-state index in [1.807, 2.05) is 97.1 Å². The molecular weight excluding hydrogens is 532 g/mol. The Bertz CT molecular complexity index is 2140. The van der Waals surface area contributed by atoms with Crippen LogP contribution in [0.25, 0.3) is 49.7 Å². The molecule has 0 spiro atoms. The van der Waals surface area contributed by atoms with Gasteiger partial charge in [0.05, 0.1) is 22.3 Å². The number of para-hydroxylation sites is 1. The number of benzene rings is 5. The van der Waals surface area contributed by atoms with E-state index in [1.165, 1.54) is 6.33 Å². The maximum atomic E-state index is 14.3. The van der Waals surface area contributed by atoms with Crippen LogP contribution in [-0.4, -0.2) is 33.8 Å². The second-order valence-corrected chi connectivity index (χ2v) is 10.4. The highest BCUT2D eigenvalue weighted by Crippen LogP contribution is 2.36. The minimum Gasteiger partial charge on any atom is -0.311 e. The molecule has 0 aliphatic carbocycles. The first kappa shape index (κ1) is 26.0. The van der Waals surface area contributed by atoms with Crippen molar-refractivity contribution in [1.82, 2.24) is 14.5 Å². The molecule has 7 aromatic rings. The lowest BCUT2D eigenvalue weighted by Gasteiger charge is -2.22. The molecule has 7 rings (SSSR count). The Kier molecular flexibility index (Phi) is 6.56. The van der Waals surface area contributed by atoms with Crippen LogP contribution in [0.5, 0.6) is 0 Å². The molecule has 6 heteroatoms. The first-order valence-corrected chi connectivity index (χ1v) is 13.9. The highest BCUT2D eigenvalue weighted by atomic mass is 16.2. The molecule has 0 fully saturated rings. The first-order valence-electron chi connectivity index (χ1n) is 13.9. The second kappa shape index (κ2) is 10.8. The molecule has 0 saturated heterocycles. The van der Waals surface area contributed by atoms with E-state index in [4.69, 9.17) is 0 Å². The molecule has 0 unspecified atom stereocenters. The second-order valence-electron chi connectivity index (χ2n) is 10.4. The summed E-state index contributed by atoms with van der Waals surface area (Å²) in [4.78, 5) is 36.7. The number of hydrogen-bond acceptors (Lipinski definition) is 4. The lowest BCUT2D eigenvalue weighted by Crippen LogP contribution is -2.28. The number of aromatic nitrogens is 3. The van der Waals surface area contributed by atoms with Crippen molar-refractivity contribution in [2.75, 3.05) is 11.9 Å². The summed E-state index contributed by atoms with van der Waals surface area (Å²) in [5.41, 5.74) is 7.88. The number of rotatable bonds is 6. The SMILES string of the molecule is CN(C(=O)c1c(C=O)cccc1-n1c2ccccc2c2cc(-c3cncnc3)ccc21)c1cccc(-c2ccccc2)c1. The van der Waals surface area contributed by atoms with Crippen LogP contribution in [0.2, 0.25) is 0 Å². The maximum absolute atomic E-state index is 14.3. The fourth-order valence-electron chi connectivity index (χ4n) is 5.74. The van der Waals surface area contributed by atoms with Crippen molar-refractivity contribution in [3.8, 4) is 27.9 Å². The molecule has 1 amide bonds. The molecule has 0 radical (unpaired) electrons. The fraction of sp³-hybridized carbons (Fsp3) is 0.0270. The highest BCUT2D eigenvalue weighted by molar-refractivity contribution is 6.15. The molecule has 0 atom stereocenters. The Labute approximate surface area is 248 Å². The summed E-state index contributed by atoms with van der Waals surface area (Å²) < 4.78 is 2.07. The predicted molar refractivity (Wildman–Crippen MR) is 172 cm³/mol. The van der Waals surface area contributed by atoms with Gasteiger partial charge in [-0.05, 0) is 53.1 Å². The minimum atomic E-state index is -0.271. The van der Waals surface area contributed by atoms with Crippen molar-refractivity contribution in [2.45, 2.75) is 0 Å². The topological polar surface area (TPSA) is 68.1 Å². The van der Waals surface area contributed by atoms with E-state index in [9.17, 15) is 9.59 Å². The molecule has 43 heavy (non-hydrogen) atoms. The van der Waals surface area contributed by atoms with Crippen molar-refractivity contribution in [3.05, 3.63) is 145 Å². The molecule has 0 saturated carbocycles. The lowest BCUT2D eigenvalue weighted by atomic mass is 10.0. The number of amides is 1. The average Bonchev–Trinajstić information content (AvgIpc) is 3.41. The maximum Gasteiger partial charge on any atom is 0.260 e. The number of carbonyl (C=O) groups excluding carboxylic acids is 2. The molecule has 0 aliphatic rings. The summed E-state index contributed by atoms with van der Waals surface area (Å²) in [6, 6.07) is 37.6. The third-order valence-corrected chi connectivity index (χ3v) is 7.87. The van der Waals surface area contributed by atoms with Crippen LogP contribution in [0, 0.1) is 0 Å². The van der Waals surface area contributed by atoms with E-state index in [-0.39, 0.29) is 5.91 Å². The first-order chi connectivity index (χ1) is 21.1. The van der Waals surface area contributed by atoms with Crippen LogP contribution < -0.4 is 4.90 Å². The molecule has 5 aromatic carbocycles. The van der Waals surface area contributed by atoms with E-state index < -0.39 is 0 Å². The van der Waals surface area contributed by atoms with Crippen LogP contribution in [0.3, 0.4) is 0 Å². The Morgan fingerprint density at radius 3 is 2.19 bits per heavy atom. The molecule has 6 nitrogen and oxygen atoms in total. The van der Waals surface area contributed by atoms with Crippen molar-refractivity contribution >= 4 is 39.7 Å². The fourth-order valence-corrected chi connectivity index (χ4v) is 5.74. The van der Waals surface area contributed by atoms with Gasteiger partial charge in [-0.25, -0.2) is 9.97 Å². The Morgan fingerprint density at radius 2 is 1.37 bits per heavy atom. The Balaban J connectivity index is 1.40. The largest absolute Gasteiger partial charge is 0.311 e. The normalized spacial score (nSPS) is 11.1. The van der Waals surface area contributed by atoms with Crippen LogP contribution in [0.4, 0.5) is 5.69 Å².